The smallest absolute Gasteiger partial charge is 0.352 e. The summed E-state index contributed by atoms with van der Waals surface area (Å²) in [4.78, 5) is 26.2. The highest BCUT2D eigenvalue weighted by Crippen LogP contribution is 2.14. The lowest BCUT2D eigenvalue weighted by molar-refractivity contribution is -0.134. The van der Waals surface area contributed by atoms with Gasteiger partial charge in [-0.05, 0) is 23.8 Å². The molecule has 0 atom stereocenters. The van der Waals surface area contributed by atoms with Gasteiger partial charge in [0.05, 0.1) is 5.52 Å². The first-order valence-corrected chi connectivity index (χ1v) is 5.63. The third-order valence-corrected chi connectivity index (χ3v) is 2.46. The quantitative estimate of drug-likeness (QED) is 0.821. The molecule has 0 aliphatic rings. The van der Waals surface area contributed by atoms with E-state index in [2.05, 4.69) is 10.3 Å². The van der Waals surface area contributed by atoms with Crippen LogP contribution >= 0.6 is 0 Å². The van der Waals surface area contributed by atoms with Crippen molar-refractivity contribution >= 4 is 28.9 Å². The third-order valence-electron chi connectivity index (χ3n) is 2.46. The van der Waals surface area contributed by atoms with Crippen LogP contribution in [0.15, 0.2) is 42.2 Å². The summed E-state index contributed by atoms with van der Waals surface area (Å²) in [5.41, 5.74) is 1.27. The van der Waals surface area contributed by atoms with E-state index < -0.39 is 11.9 Å². The van der Waals surface area contributed by atoms with Gasteiger partial charge in [0.25, 0.3) is 0 Å². The molecule has 0 radical (unpaired) electrons. The van der Waals surface area contributed by atoms with Crippen molar-refractivity contribution in [3.05, 3.63) is 47.8 Å². The van der Waals surface area contributed by atoms with Crippen LogP contribution in [0.3, 0.4) is 0 Å². The number of carboxylic acids is 1. The van der Waals surface area contributed by atoms with Crippen LogP contribution in [0.2, 0.25) is 0 Å². The highest BCUT2D eigenvalue weighted by molar-refractivity contribution is 5.96. The first-order chi connectivity index (χ1) is 9.06. The van der Waals surface area contributed by atoms with E-state index in [1.807, 2.05) is 30.3 Å². The van der Waals surface area contributed by atoms with Gasteiger partial charge in [0.2, 0.25) is 5.91 Å². The predicted molar refractivity (Wildman–Crippen MR) is 71.2 cm³/mol. The van der Waals surface area contributed by atoms with Gasteiger partial charge in [0.1, 0.15) is 5.70 Å². The van der Waals surface area contributed by atoms with Crippen LogP contribution in [0.4, 0.5) is 0 Å². The Balaban J connectivity index is 2.42. The van der Waals surface area contributed by atoms with E-state index in [1.54, 1.807) is 6.20 Å². The maximum absolute atomic E-state index is 11.0. The summed E-state index contributed by atoms with van der Waals surface area (Å²) in [7, 11) is 0. The Morgan fingerprint density at radius 2 is 2.05 bits per heavy atom. The van der Waals surface area contributed by atoms with Crippen LogP contribution in [-0.4, -0.2) is 22.0 Å². The van der Waals surface area contributed by atoms with Crippen LogP contribution in [-0.2, 0) is 9.59 Å². The van der Waals surface area contributed by atoms with E-state index in [4.69, 9.17) is 5.11 Å². The average Bonchev–Trinajstić information content (AvgIpc) is 2.37. The highest BCUT2D eigenvalue weighted by atomic mass is 16.4. The van der Waals surface area contributed by atoms with E-state index in [9.17, 15) is 9.59 Å². The minimum absolute atomic E-state index is 0.176. The Kier molecular flexibility index (Phi) is 3.56. The van der Waals surface area contributed by atoms with Crippen molar-refractivity contribution in [2.45, 2.75) is 6.92 Å². The second kappa shape index (κ2) is 5.30. The first-order valence-electron chi connectivity index (χ1n) is 5.63. The fraction of sp³-hybridized carbons (Fsp3) is 0.0714. The number of amides is 1. The predicted octanol–water partition coefficient (Wildman–Crippen LogP) is 1.80. The Morgan fingerprint density at radius 1 is 1.32 bits per heavy atom. The SMILES string of the molecule is CC(=O)N/C(=C/c1cnc2ccccc2c1)C(=O)O. The topological polar surface area (TPSA) is 79.3 Å². The number of pyridine rings is 1. The fourth-order valence-corrected chi connectivity index (χ4v) is 1.67. The van der Waals surface area contributed by atoms with Crippen LogP contribution in [0.25, 0.3) is 17.0 Å². The average molecular weight is 256 g/mol. The van der Waals surface area contributed by atoms with Gasteiger partial charge in [0.15, 0.2) is 0 Å². The summed E-state index contributed by atoms with van der Waals surface area (Å²) in [6.45, 7) is 1.26. The summed E-state index contributed by atoms with van der Waals surface area (Å²) in [5.74, 6) is -1.62. The van der Waals surface area contributed by atoms with Gasteiger partial charge < -0.3 is 10.4 Å². The lowest BCUT2D eigenvalue weighted by Gasteiger charge is -2.03. The number of carboxylic acid groups (broad SMARTS) is 1. The molecule has 1 aromatic heterocycles. The number of carbonyl (C=O) groups excluding carboxylic acids is 1. The molecule has 1 aromatic carbocycles. The molecular weight excluding hydrogens is 244 g/mol. The van der Waals surface area contributed by atoms with Crippen molar-refractivity contribution in [1.82, 2.24) is 10.3 Å². The molecule has 5 heteroatoms. The molecule has 0 spiro atoms. The molecule has 2 N–H and O–H groups in total. The third kappa shape index (κ3) is 3.16. The van der Waals surface area contributed by atoms with Crippen molar-refractivity contribution in [3.8, 4) is 0 Å². The van der Waals surface area contributed by atoms with Gasteiger partial charge in [-0.25, -0.2) is 4.79 Å². The Hall–Kier alpha value is -2.69. The minimum Gasteiger partial charge on any atom is -0.477 e. The molecule has 0 saturated carbocycles. The highest BCUT2D eigenvalue weighted by Gasteiger charge is 2.09. The van der Waals surface area contributed by atoms with Crippen LogP contribution in [0.5, 0.6) is 0 Å². The number of carbonyl (C=O) groups is 2. The normalized spacial score (nSPS) is 11.3. The van der Waals surface area contributed by atoms with Gasteiger partial charge in [-0.3, -0.25) is 9.78 Å². The Bertz CT molecular complexity index is 677. The van der Waals surface area contributed by atoms with Gasteiger partial charge in [0, 0.05) is 18.5 Å². The molecule has 96 valence electrons. The molecule has 0 bridgehead atoms. The number of aliphatic carboxylic acids is 1. The van der Waals surface area contributed by atoms with Gasteiger partial charge in [-0.15, -0.1) is 0 Å². The summed E-state index contributed by atoms with van der Waals surface area (Å²) < 4.78 is 0. The van der Waals surface area contributed by atoms with Gasteiger partial charge >= 0.3 is 5.97 Å². The Labute approximate surface area is 109 Å². The zero-order valence-electron chi connectivity index (χ0n) is 10.3. The lowest BCUT2D eigenvalue weighted by Crippen LogP contribution is -2.24. The van der Waals surface area contributed by atoms with Crippen LogP contribution in [0, 0.1) is 0 Å². The second-order valence-corrected chi connectivity index (χ2v) is 4.01. The number of nitrogens with zero attached hydrogens (tertiary/aromatic N) is 1. The second-order valence-electron chi connectivity index (χ2n) is 4.01. The number of hydrogen-bond donors (Lipinski definition) is 2. The largest absolute Gasteiger partial charge is 0.477 e. The number of para-hydroxylation sites is 1. The van der Waals surface area contributed by atoms with Crippen molar-refractivity contribution in [1.29, 1.82) is 0 Å². The molecule has 1 heterocycles. The molecule has 0 aliphatic carbocycles. The molecular formula is C14H12N2O3. The molecule has 2 aromatic rings. The number of fused-ring (bicyclic) bond motifs is 1. The summed E-state index contributed by atoms with van der Waals surface area (Å²) >= 11 is 0. The molecule has 19 heavy (non-hydrogen) atoms. The zero-order valence-corrected chi connectivity index (χ0v) is 10.3. The standard InChI is InChI=1S/C14H12N2O3/c1-9(17)16-13(14(18)19)7-10-6-11-4-2-3-5-12(11)15-8-10/h2-8H,1H3,(H,16,17)(H,18,19)/b13-7+. The van der Waals surface area contributed by atoms with Crippen molar-refractivity contribution < 1.29 is 14.7 Å². The summed E-state index contributed by atoms with van der Waals surface area (Å²) in [5, 5.41) is 12.2. The zero-order chi connectivity index (χ0) is 13.8. The molecule has 0 aliphatic heterocycles. The molecule has 0 saturated heterocycles. The van der Waals surface area contributed by atoms with E-state index in [0.717, 1.165) is 10.9 Å². The maximum atomic E-state index is 11.0. The minimum atomic E-state index is -1.19. The maximum Gasteiger partial charge on any atom is 0.352 e. The lowest BCUT2D eigenvalue weighted by atomic mass is 10.1. The van der Waals surface area contributed by atoms with Crippen molar-refractivity contribution in [2.75, 3.05) is 0 Å². The first kappa shape index (κ1) is 12.8. The van der Waals surface area contributed by atoms with Crippen LogP contribution < -0.4 is 5.32 Å². The number of hydrogen-bond acceptors (Lipinski definition) is 3. The van der Waals surface area contributed by atoms with E-state index in [0.29, 0.717) is 5.56 Å². The van der Waals surface area contributed by atoms with E-state index >= 15 is 0 Å². The summed E-state index contributed by atoms with van der Waals surface area (Å²) in [6, 6.07) is 9.33. The molecule has 5 nitrogen and oxygen atoms in total. The molecule has 0 unspecified atom stereocenters. The Morgan fingerprint density at radius 3 is 2.74 bits per heavy atom. The number of nitrogens with one attached hydrogen (secondary N) is 1. The van der Waals surface area contributed by atoms with E-state index in [1.165, 1.54) is 13.0 Å². The number of rotatable bonds is 3. The monoisotopic (exact) mass is 256 g/mol. The van der Waals surface area contributed by atoms with Crippen molar-refractivity contribution in [2.24, 2.45) is 0 Å². The molecule has 1 amide bonds. The van der Waals surface area contributed by atoms with Gasteiger partial charge in [-0.2, -0.15) is 0 Å². The number of benzene rings is 1. The van der Waals surface area contributed by atoms with E-state index in [-0.39, 0.29) is 5.70 Å². The fourth-order valence-electron chi connectivity index (χ4n) is 1.67. The number of aromatic nitrogens is 1. The summed E-state index contributed by atoms with van der Waals surface area (Å²) in [6.07, 6.45) is 2.94. The molecule has 0 fully saturated rings. The van der Waals surface area contributed by atoms with Crippen LogP contribution in [0.1, 0.15) is 12.5 Å². The molecule has 2 rings (SSSR count). The van der Waals surface area contributed by atoms with Gasteiger partial charge in [-0.1, -0.05) is 18.2 Å². The van der Waals surface area contributed by atoms with Crippen molar-refractivity contribution in [3.63, 3.8) is 0 Å².